The van der Waals surface area contributed by atoms with E-state index in [9.17, 15) is 0 Å². The van der Waals surface area contributed by atoms with Crippen molar-refractivity contribution in [2.24, 2.45) is 29.6 Å². The minimum absolute atomic E-state index is 0.659. The molecular formula is C16H23NS. The zero-order valence-corrected chi connectivity index (χ0v) is 12.2. The van der Waals surface area contributed by atoms with Crippen LogP contribution in [0.1, 0.15) is 42.0 Å². The molecule has 1 nitrogen and oxygen atoms in total. The van der Waals surface area contributed by atoms with E-state index in [1.165, 1.54) is 17.7 Å². The summed E-state index contributed by atoms with van der Waals surface area (Å²) in [6.45, 7) is 5.59. The van der Waals surface area contributed by atoms with Crippen LogP contribution in [-0.2, 0) is 0 Å². The van der Waals surface area contributed by atoms with Gasteiger partial charge < -0.3 is 5.32 Å². The van der Waals surface area contributed by atoms with Crippen LogP contribution in [0.2, 0.25) is 0 Å². The number of thiophene rings is 1. The minimum atomic E-state index is 0.659. The predicted molar refractivity (Wildman–Crippen MR) is 76.8 cm³/mol. The lowest BCUT2D eigenvalue weighted by molar-refractivity contribution is 0.378. The van der Waals surface area contributed by atoms with Gasteiger partial charge in [0.1, 0.15) is 0 Å². The molecule has 4 rings (SSSR count). The van der Waals surface area contributed by atoms with Crippen molar-refractivity contribution in [1.29, 1.82) is 0 Å². The Morgan fingerprint density at radius 1 is 1.28 bits per heavy atom. The maximum atomic E-state index is 3.78. The second-order valence-electron chi connectivity index (χ2n) is 6.55. The smallest absolute Gasteiger partial charge is 0.0449 e. The van der Waals surface area contributed by atoms with E-state index in [1.807, 2.05) is 11.3 Å². The average Bonchev–Trinajstić information content (AvgIpc) is 2.73. The van der Waals surface area contributed by atoms with Crippen LogP contribution in [0.5, 0.6) is 0 Å². The lowest BCUT2D eigenvalue weighted by atomic mass is 9.96. The normalized spacial score (nSPS) is 42.0. The first-order chi connectivity index (χ1) is 8.79. The van der Waals surface area contributed by atoms with Gasteiger partial charge in [-0.1, -0.05) is 6.92 Å². The number of nitrogens with one attached hydrogen (secondary N) is 1. The first kappa shape index (κ1) is 11.5. The molecule has 0 radical (unpaired) electrons. The summed E-state index contributed by atoms with van der Waals surface area (Å²) in [4.78, 5) is 3.05. The first-order valence-corrected chi connectivity index (χ1v) is 8.41. The molecule has 1 aromatic rings. The van der Waals surface area contributed by atoms with E-state index in [-0.39, 0.29) is 0 Å². The van der Waals surface area contributed by atoms with Gasteiger partial charge in [-0.3, -0.25) is 0 Å². The zero-order chi connectivity index (χ0) is 12.3. The van der Waals surface area contributed by atoms with Crippen molar-refractivity contribution in [3.63, 3.8) is 0 Å². The molecule has 3 saturated carbocycles. The molecule has 0 spiro atoms. The Morgan fingerprint density at radius 3 is 2.56 bits per heavy atom. The van der Waals surface area contributed by atoms with Crippen LogP contribution < -0.4 is 5.32 Å². The third-order valence-electron chi connectivity index (χ3n) is 5.67. The molecule has 2 heteroatoms. The minimum Gasteiger partial charge on any atom is -0.309 e. The molecule has 1 N–H and O–H groups in total. The molecule has 5 unspecified atom stereocenters. The molecule has 3 fully saturated rings. The molecule has 98 valence electrons. The molecule has 1 aromatic heterocycles. The Bertz CT molecular complexity index is 436. The Balaban J connectivity index is 1.58. The summed E-state index contributed by atoms with van der Waals surface area (Å²) in [6, 6.07) is 5.31. The van der Waals surface area contributed by atoms with Crippen molar-refractivity contribution in [3.8, 4) is 0 Å². The van der Waals surface area contributed by atoms with Gasteiger partial charge in [0.05, 0.1) is 0 Å². The molecule has 0 saturated heterocycles. The highest BCUT2D eigenvalue weighted by Crippen LogP contribution is 2.72. The summed E-state index contributed by atoms with van der Waals surface area (Å²) >= 11 is 2.00. The highest BCUT2D eigenvalue weighted by Gasteiger charge is 2.66. The van der Waals surface area contributed by atoms with E-state index < -0.39 is 0 Å². The molecule has 18 heavy (non-hydrogen) atoms. The summed E-state index contributed by atoms with van der Waals surface area (Å²) in [5.41, 5.74) is 0. The monoisotopic (exact) mass is 261 g/mol. The fraction of sp³-hybridized carbons (Fsp3) is 0.750. The Kier molecular flexibility index (Phi) is 2.60. The van der Waals surface area contributed by atoms with E-state index >= 15 is 0 Å². The molecule has 2 bridgehead atoms. The van der Waals surface area contributed by atoms with Gasteiger partial charge in [-0.25, -0.2) is 0 Å². The number of aryl methyl sites for hydroxylation is 1. The molecule has 1 heterocycles. The van der Waals surface area contributed by atoms with E-state index in [0.29, 0.717) is 6.04 Å². The third kappa shape index (κ3) is 1.55. The van der Waals surface area contributed by atoms with Gasteiger partial charge in [0.25, 0.3) is 0 Å². The van der Waals surface area contributed by atoms with Crippen molar-refractivity contribution in [1.82, 2.24) is 5.32 Å². The molecule has 3 aliphatic carbocycles. The molecule has 3 aliphatic rings. The fourth-order valence-corrected chi connectivity index (χ4v) is 6.12. The van der Waals surface area contributed by atoms with E-state index in [0.717, 1.165) is 36.1 Å². The predicted octanol–water partition coefficient (Wildman–Crippen LogP) is 4.00. The Labute approximate surface area is 114 Å². The second-order valence-corrected chi connectivity index (χ2v) is 7.87. The third-order valence-corrected chi connectivity index (χ3v) is 6.76. The van der Waals surface area contributed by atoms with Crippen LogP contribution in [0.4, 0.5) is 0 Å². The van der Waals surface area contributed by atoms with E-state index in [4.69, 9.17) is 0 Å². The van der Waals surface area contributed by atoms with Gasteiger partial charge in [0, 0.05) is 15.8 Å². The SMILES string of the molecule is CCNC(c1ccc(C)s1)C1C2C3CCC(C3)C21. The van der Waals surface area contributed by atoms with Gasteiger partial charge in [0.15, 0.2) is 0 Å². The second kappa shape index (κ2) is 4.08. The number of fused-ring (bicyclic) bond motifs is 5. The molecule has 5 atom stereocenters. The van der Waals surface area contributed by atoms with Crippen LogP contribution in [-0.4, -0.2) is 6.54 Å². The molecule has 0 aromatic carbocycles. The Hall–Kier alpha value is -0.340. The van der Waals surface area contributed by atoms with E-state index in [2.05, 4.69) is 31.3 Å². The summed E-state index contributed by atoms with van der Waals surface area (Å²) in [7, 11) is 0. The summed E-state index contributed by atoms with van der Waals surface area (Å²) in [5, 5.41) is 3.78. The standard InChI is InChI=1S/C16H23NS/c1-3-17-16(12-7-4-9(2)18-12)15-13-10-5-6-11(8-10)14(13)15/h4,7,10-11,13-17H,3,5-6,8H2,1-2H3. The Morgan fingerprint density at radius 2 is 2.00 bits per heavy atom. The fourth-order valence-electron chi connectivity index (χ4n) is 5.11. The largest absolute Gasteiger partial charge is 0.309 e. The summed E-state index contributed by atoms with van der Waals surface area (Å²) in [5.74, 6) is 5.30. The number of rotatable bonds is 4. The topological polar surface area (TPSA) is 12.0 Å². The molecular weight excluding hydrogens is 238 g/mol. The van der Waals surface area contributed by atoms with Gasteiger partial charge in [0.2, 0.25) is 0 Å². The highest BCUT2D eigenvalue weighted by atomic mass is 32.1. The number of hydrogen-bond acceptors (Lipinski definition) is 2. The van der Waals surface area contributed by atoms with Crippen molar-refractivity contribution in [2.75, 3.05) is 6.54 Å². The maximum absolute atomic E-state index is 3.78. The van der Waals surface area contributed by atoms with Crippen LogP contribution in [0, 0.1) is 36.5 Å². The van der Waals surface area contributed by atoms with E-state index in [1.54, 1.807) is 11.3 Å². The van der Waals surface area contributed by atoms with Crippen molar-refractivity contribution >= 4 is 11.3 Å². The van der Waals surface area contributed by atoms with Crippen LogP contribution in [0.3, 0.4) is 0 Å². The first-order valence-electron chi connectivity index (χ1n) is 7.59. The average molecular weight is 261 g/mol. The van der Waals surface area contributed by atoms with Gasteiger partial charge in [-0.05, 0) is 74.5 Å². The zero-order valence-electron chi connectivity index (χ0n) is 11.4. The van der Waals surface area contributed by atoms with Gasteiger partial charge in [-0.2, -0.15) is 0 Å². The maximum Gasteiger partial charge on any atom is 0.0449 e. The van der Waals surface area contributed by atoms with Crippen molar-refractivity contribution in [2.45, 2.75) is 39.2 Å². The van der Waals surface area contributed by atoms with Gasteiger partial charge in [-0.15, -0.1) is 11.3 Å². The molecule has 0 aliphatic heterocycles. The van der Waals surface area contributed by atoms with Crippen LogP contribution in [0.15, 0.2) is 12.1 Å². The van der Waals surface area contributed by atoms with Crippen LogP contribution in [0.25, 0.3) is 0 Å². The van der Waals surface area contributed by atoms with Crippen molar-refractivity contribution < 1.29 is 0 Å². The molecule has 0 amide bonds. The highest BCUT2D eigenvalue weighted by molar-refractivity contribution is 7.12. The van der Waals surface area contributed by atoms with Crippen molar-refractivity contribution in [3.05, 3.63) is 21.9 Å². The van der Waals surface area contributed by atoms with Crippen LogP contribution >= 0.6 is 11.3 Å². The summed E-state index contributed by atoms with van der Waals surface area (Å²) in [6.07, 6.45) is 4.63. The quantitative estimate of drug-likeness (QED) is 0.864. The lowest BCUT2D eigenvalue weighted by Gasteiger charge is -2.20. The lowest BCUT2D eigenvalue weighted by Crippen LogP contribution is -2.24. The number of hydrogen-bond donors (Lipinski definition) is 1. The summed E-state index contributed by atoms with van der Waals surface area (Å²) < 4.78 is 0. The van der Waals surface area contributed by atoms with Gasteiger partial charge >= 0.3 is 0 Å².